The highest BCUT2D eigenvalue weighted by Gasteiger charge is 2.41. The van der Waals surface area contributed by atoms with Gasteiger partial charge in [0.1, 0.15) is 0 Å². The van der Waals surface area contributed by atoms with Crippen molar-refractivity contribution < 1.29 is 23.9 Å². The molecule has 0 unspecified atom stereocenters. The number of likely N-dealkylation sites (tertiary alicyclic amines) is 1. The Morgan fingerprint density at radius 3 is 0.936 bits per heavy atom. The first kappa shape index (κ1) is 72.3. The molecule has 0 atom stereocenters. The number of esters is 2. The summed E-state index contributed by atoms with van der Waals surface area (Å²) >= 11 is 0. The number of nitrogens with zero attached hydrogens (tertiary/aromatic N) is 2. The maximum Gasteiger partial charge on any atom is 0.319 e. The number of urea groups is 1. The lowest BCUT2D eigenvalue weighted by Gasteiger charge is -2.48. The smallest absolute Gasteiger partial charge is 0.319 e. The Bertz CT molecular complexity index is 1210. The number of carbonyl (C=O) groups excluding carboxylic acids is 3. The fraction of sp³-hybridized carbons (Fsp3) is 0.957. The molecule has 78 heavy (non-hydrogen) atoms. The van der Waals surface area contributed by atoms with Crippen LogP contribution in [0, 0.1) is 17.3 Å². The molecular formula is C70H135N3O5. The van der Waals surface area contributed by atoms with Crippen molar-refractivity contribution in [2.24, 2.45) is 17.3 Å². The highest BCUT2D eigenvalue weighted by Crippen LogP contribution is 2.35. The minimum absolute atomic E-state index is 0.0216. The van der Waals surface area contributed by atoms with Crippen LogP contribution in [0.1, 0.15) is 362 Å². The maximum absolute atomic E-state index is 14.0. The third-order valence-corrected chi connectivity index (χ3v) is 18.3. The third-order valence-electron chi connectivity index (χ3n) is 18.3. The van der Waals surface area contributed by atoms with Gasteiger partial charge in [0, 0.05) is 52.1 Å². The molecular weight excluding hydrogens is 963 g/mol. The molecule has 2 heterocycles. The van der Waals surface area contributed by atoms with Crippen LogP contribution in [0.15, 0.2) is 0 Å². The third kappa shape index (κ3) is 41.2. The predicted octanol–water partition coefficient (Wildman–Crippen LogP) is 21.0. The minimum Gasteiger partial charge on any atom is -0.465 e. The highest BCUT2D eigenvalue weighted by molar-refractivity contribution is 5.74. The Morgan fingerprint density at radius 2 is 0.654 bits per heavy atom. The first-order chi connectivity index (χ1) is 38.4. The molecule has 460 valence electrons. The van der Waals surface area contributed by atoms with Crippen molar-refractivity contribution in [1.82, 2.24) is 15.1 Å². The van der Waals surface area contributed by atoms with E-state index in [9.17, 15) is 14.4 Å². The standard InChI is InChI=1S/C70H135N3O5/c1-5-9-13-17-21-25-29-33-41-49-65(50-42-34-30-26-22-18-14-10-6-2)61-77-67(74)53-45-37-39-47-57-72(69(76)73-59-55-70(56-60-73)63-71-64-70)58-48-40-38-46-54-68(75)78-62-66(51-43-35-31-27-23-19-15-11-7-3)52-44-36-32-28-24-20-16-12-8-4/h65-66,71H,5-64H2,1-4H3. The topological polar surface area (TPSA) is 88.2 Å². The van der Waals surface area contributed by atoms with Crippen LogP contribution in [-0.2, 0) is 19.1 Å². The van der Waals surface area contributed by atoms with Gasteiger partial charge >= 0.3 is 18.0 Å². The van der Waals surface area contributed by atoms with Gasteiger partial charge in [-0.1, -0.05) is 285 Å². The number of hydrogen-bond acceptors (Lipinski definition) is 6. The van der Waals surface area contributed by atoms with E-state index in [4.69, 9.17) is 9.47 Å². The van der Waals surface area contributed by atoms with E-state index in [1.807, 2.05) is 0 Å². The summed E-state index contributed by atoms with van der Waals surface area (Å²) in [5, 5.41) is 3.47. The normalized spacial score (nSPS) is 14.2. The van der Waals surface area contributed by atoms with Crippen molar-refractivity contribution in [3.05, 3.63) is 0 Å². The van der Waals surface area contributed by atoms with E-state index in [1.54, 1.807) is 0 Å². The lowest BCUT2D eigenvalue weighted by Crippen LogP contribution is -2.59. The van der Waals surface area contributed by atoms with Crippen molar-refractivity contribution in [1.29, 1.82) is 0 Å². The summed E-state index contributed by atoms with van der Waals surface area (Å²) in [4.78, 5) is 44.3. The van der Waals surface area contributed by atoms with Gasteiger partial charge in [0.25, 0.3) is 0 Å². The van der Waals surface area contributed by atoms with Crippen LogP contribution >= 0.6 is 0 Å². The average Bonchev–Trinajstić information content (AvgIpc) is 3.45. The number of unbranched alkanes of at least 4 members (excludes halogenated alkanes) is 38. The van der Waals surface area contributed by atoms with E-state index in [1.165, 1.54) is 257 Å². The molecule has 0 aromatic carbocycles. The van der Waals surface area contributed by atoms with Crippen molar-refractivity contribution >= 4 is 18.0 Å². The van der Waals surface area contributed by atoms with Gasteiger partial charge in [0.15, 0.2) is 0 Å². The molecule has 0 aromatic rings. The number of nitrogens with one attached hydrogen (secondary N) is 1. The average molecular weight is 1100 g/mol. The van der Waals surface area contributed by atoms with Crippen molar-refractivity contribution in [2.75, 3.05) is 52.5 Å². The van der Waals surface area contributed by atoms with E-state index >= 15 is 0 Å². The Labute approximate surface area is 486 Å². The lowest BCUT2D eigenvalue weighted by atomic mass is 9.73. The van der Waals surface area contributed by atoms with E-state index in [0.717, 1.165) is 103 Å². The van der Waals surface area contributed by atoms with E-state index in [0.29, 0.717) is 43.3 Å². The summed E-state index contributed by atoms with van der Waals surface area (Å²) in [6.45, 7) is 15.8. The zero-order valence-electron chi connectivity index (χ0n) is 53.0. The zero-order chi connectivity index (χ0) is 56.1. The Hall–Kier alpha value is -1.83. The van der Waals surface area contributed by atoms with Crippen LogP contribution < -0.4 is 5.32 Å². The van der Waals surface area contributed by atoms with Gasteiger partial charge in [0.2, 0.25) is 0 Å². The second kappa shape index (κ2) is 53.2. The Kier molecular flexibility index (Phi) is 49.3. The van der Waals surface area contributed by atoms with Crippen LogP contribution in [0.5, 0.6) is 0 Å². The SMILES string of the molecule is CCCCCCCCCCCC(CCCCCCCCCCC)COC(=O)CCCCCCN(CCCCCCC(=O)OCC(CCCCCCCCCCC)CCCCCCCCCCC)C(=O)N1CCC2(CC1)CNC2. The lowest BCUT2D eigenvalue weighted by molar-refractivity contribution is -0.146. The summed E-state index contributed by atoms with van der Waals surface area (Å²) in [7, 11) is 0. The van der Waals surface area contributed by atoms with Crippen LogP contribution in [0.2, 0.25) is 0 Å². The van der Waals surface area contributed by atoms with Crippen molar-refractivity contribution in [3.8, 4) is 0 Å². The fourth-order valence-electron chi connectivity index (χ4n) is 12.5. The number of amides is 2. The summed E-state index contributed by atoms with van der Waals surface area (Å²) < 4.78 is 12.0. The van der Waals surface area contributed by atoms with Gasteiger partial charge in [-0.05, 0) is 81.5 Å². The first-order valence-corrected chi connectivity index (χ1v) is 35.4. The second-order valence-electron chi connectivity index (χ2n) is 25.8. The molecule has 0 aliphatic carbocycles. The van der Waals surface area contributed by atoms with Gasteiger partial charge in [-0.2, -0.15) is 0 Å². The molecule has 2 amide bonds. The Morgan fingerprint density at radius 1 is 0.385 bits per heavy atom. The number of hydrogen-bond donors (Lipinski definition) is 1. The molecule has 2 rings (SSSR count). The van der Waals surface area contributed by atoms with Gasteiger partial charge in [-0.25, -0.2) is 4.79 Å². The van der Waals surface area contributed by atoms with Crippen molar-refractivity contribution in [2.45, 2.75) is 362 Å². The minimum atomic E-state index is -0.0216. The van der Waals surface area contributed by atoms with Crippen LogP contribution in [0.25, 0.3) is 0 Å². The molecule has 0 bridgehead atoms. The fourth-order valence-corrected chi connectivity index (χ4v) is 12.5. The molecule has 1 N–H and O–H groups in total. The second-order valence-corrected chi connectivity index (χ2v) is 25.8. The van der Waals surface area contributed by atoms with Crippen LogP contribution in [-0.4, -0.2) is 80.3 Å². The Balaban J connectivity index is 1.74. The van der Waals surface area contributed by atoms with Gasteiger partial charge < -0.3 is 24.6 Å². The molecule has 1 spiro atoms. The van der Waals surface area contributed by atoms with Crippen LogP contribution in [0.3, 0.4) is 0 Å². The summed E-state index contributed by atoms with van der Waals surface area (Å²) in [6, 6.07) is 0.211. The molecule has 2 fully saturated rings. The predicted molar refractivity (Wildman–Crippen MR) is 336 cm³/mol. The zero-order valence-corrected chi connectivity index (χ0v) is 53.0. The molecule has 0 radical (unpaired) electrons. The number of ether oxygens (including phenoxy) is 2. The summed E-state index contributed by atoms with van der Waals surface area (Å²) in [6.07, 6.45) is 64.3. The maximum atomic E-state index is 14.0. The molecule has 8 nitrogen and oxygen atoms in total. The molecule has 2 aliphatic rings. The van der Waals surface area contributed by atoms with E-state index in [-0.39, 0.29) is 18.0 Å². The number of rotatable bonds is 58. The quantitative estimate of drug-likeness (QED) is 0.0482. The molecule has 0 aromatic heterocycles. The highest BCUT2D eigenvalue weighted by atomic mass is 16.5. The van der Waals surface area contributed by atoms with E-state index < -0.39 is 0 Å². The van der Waals surface area contributed by atoms with Gasteiger partial charge in [-0.15, -0.1) is 0 Å². The summed E-state index contributed by atoms with van der Waals surface area (Å²) in [5.74, 6) is 0.957. The van der Waals surface area contributed by atoms with E-state index in [2.05, 4.69) is 42.8 Å². The largest absolute Gasteiger partial charge is 0.465 e. The molecule has 2 saturated heterocycles. The molecule has 0 saturated carbocycles. The van der Waals surface area contributed by atoms with Gasteiger partial charge in [0.05, 0.1) is 13.2 Å². The first-order valence-electron chi connectivity index (χ1n) is 35.4. The number of piperidine rings is 1. The molecule has 8 heteroatoms. The molecule has 2 aliphatic heterocycles. The van der Waals surface area contributed by atoms with Crippen LogP contribution in [0.4, 0.5) is 4.79 Å². The number of carbonyl (C=O) groups is 3. The van der Waals surface area contributed by atoms with Crippen molar-refractivity contribution in [3.63, 3.8) is 0 Å². The van der Waals surface area contributed by atoms with Gasteiger partial charge in [-0.3, -0.25) is 9.59 Å². The monoisotopic (exact) mass is 1100 g/mol. The summed E-state index contributed by atoms with van der Waals surface area (Å²) in [5.41, 5.74) is 0.408.